The van der Waals surface area contributed by atoms with E-state index in [2.05, 4.69) is 24.8 Å². The fraction of sp³-hybridized carbons (Fsp3) is 0.0625. The van der Waals surface area contributed by atoms with Crippen LogP contribution in [0.15, 0.2) is 64.4 Å². The Balaban J connectivity index is 1.59. The third kappa shape index (κ3) is 3.14. The first-order valence-electron chi connectivity index (χ1n) is 7.53. The summed E-state index contributed by atoms with van der Waals surface area (Å²) in [5.41, 5.74) is 1.74. The number of rotatable bonds is 5. The summed E-state index contributed by atoms with van der Waals surface area (Å²) in [5.74, 6) is 0. The monoisotopic (exact) mass is 389 g/mol. The van der Waals surface area contributed by atoms with Gasteiger partial charge in [-0.15, -0.1) is 0 Å². The molecule has 0 bridgehead atoms. The zero-order valence-corrected chi connectivity index (χ0v) is 14.8. The van der Waals surface area contributed by atoms with Crippen molar-refractivity contribution in [2.24, 2.45) is 0 Å². The molecule has 2 aromatic heterocycles. The molecule has 26 heavy (non-hydrogen) atoms. The van der Waals surface area contributed by atoms with E-state index in [-0.39, 0.29) is 10.4 Å². The van der Waals surface area contributed by atoms with Gasteiger partial charge in [0.25, 0.3) is 10.0 Å². The second-order valence-electron chi connectivity index (χ2n) is 5.51. The lowest BCUT2D eigenvalue weighted by atomic mass is 10.2. The summed E-state index contributed by atoms with van der Waals surface area (Å²) >= 11 is 6.14. The molecule has 0 aliphatic rings. The van der Waals surface area contributed by atoms with Gasteiger partial charge in [-0.3, -0.25) is 9.40 Å². The normalized spacial score (nSPS) is 11.7. The summed E-state index contributed by atoms with van der Waals surface area (Å²) in [6, 6.07) is 12.0. The number of sulfonamides is 1. The van der Waals surface area contributed by atoms with Gasteiger partial charge in [-0.1, -0.05) is 35.9 Å². The molecule has 0 atom stereocenters. The van der Waals surface area contributed by atoms with Crippen LogP contribution in [0.25, 0.3) is 11.0 Å². The van der Waals surface area contributed by atoms with Gasteiger partial charge in [-0.25, -0.2) is 13.0 Å². The molecule has 0 radical (unpaired) electrons. The van der Waals surface area contributed by atoms with Crippen molar-refractivity contribution in [2.75, 3.05) is 4.72 Å². The Morgan fingerprint density at radius 2 is 1.96 bits per heavy atom. The first-order valence-corrected chi connectivity index (χ1v) is 9.39. The Kier molecular flexibility index (Phi) is 4.09. The largest absolute Gasteiger partial charge is 0.276 e. The molecule has 4 aromatic rings. The summed E-state index contributed by atoms with van der Waals surface area (Å²) in [6.45, 7) is 0.421. The highest BCUT2D eigenvalue weighted by molar-refractivity contribution is 7.93. The second-order valence-corrected chi connectivity index (χ2v) is 7.57. The molecule has 10 heteroatoms. The van der Waals surface area contributed by atoms with Crippen LogP contribution >= 0.6 is 11.6 Å². The van der Waals surface area contributed by atoms with Gasteiger partial charge in [-0.2, -0.15) is 5.10 Å². The highest BCUT2D eigenvalue weighted by Gasteiger charge is 2.21. The molecule has 2 aromatic carbocycles. The molecule has 2 heterocycles. The fourth-order valence-corrected chi connectivity index (χ4v) is 3.89. The molecular formula is C16H12ClN5O3S. The smallest absolute Gasteiger partial charge is 0.264 e. The number of fused-ring (bicyclic) bond motifs is 1. The average Bonchev–Trinajstić information content (AvgIpc) is 3.25. The van der Waals surface area contributed by atoms with E-state index in [9.17, 15) is 8.42 Å². The topological polar surface area (TPSA) is 103 Å². The lowest BCUT2D eigenvalue weighted by molar-refractivity contribution is 0.315. The van der Waals surface area contributed by atoms with Crippen LogP contribution in [0.5, 0.6) is 0 Å². The van der Waals surface area contributed by atoms with Crippen molar-refractivity contribution < 1.29 is 13.0 Å². The molecule has 0 aliphatic heterocycles. The number of nitrogens with one attached hydrogen (secondary N) is 1. The van der Waals surface area contributed by atoms with Crippen molar-refractivity contribution in [1.29, 1.82) is 0 Å². The zero-order valence-electron chi connectivity index (χ0n) is 13.2. The molecule has 0 unspecified atom stereocenters. The Labute approximate surface area is 153 Å². The van der Waals surface area contributed by atoms with Crippen molar-refractivity contribution in [3.05, 3.63) is 65.4 Å². The molecule has 132 valence electrons. The van der Waals surface area contributed by atoms with Crippen LogP contribution in [0.3, 0.4) is 0 Å². The summed E-state index contributed by atoms with van der Waals surface area (Å²) < 4.78 is 34.0. The molecule has 0 spiro atoms. The predicted molar refractivity (Wildman–Crippen MR) is 95.4 cm³/mol. The van der Waals surface area contributed by atoms with Crippen molar-refractivity contribution >= 4 is 38.3 Å². The quantitative estimate of drug-likeness (QED) is 0.563. The Bertz CT molecular complexity index is 1190. The van der Waals surface area contributed by atoms with Crippen LogP contribution in [0.4, 0.5) is 5.69 Å². The number of aromatic nitrogens is 4. The number of benzene rings is 2. The van der Waals surface area contributed by atoms with E-state index < -0.39 is 10.0 Å². The zero-order chi connectivity index (χ0) is 18.1. The Hall–Kier alpha value is -2.91. The maximum atomic E-state index is 12.7. The van der Waals surface area contributed by atoms with Gasteiger partial charge in [0.1, 0.15) is 10.4 Å². The first kappa shape index (κ1) is 16.6. The lowest BCUT2D eigenvalue weighted by Gasteiger charge is -2.06. The highest BCUT2D eigenvalue weighted by atomic mass is 35.5. The molecule has 0 amide bonds. The number of nitrogens with zero attached hydrogens (tertiary/aromatic N) is 4. The van der Waals surface area contributed by atoms with Crippen LogP contribution in [0.2, 0.25) is 5.02 Å². The van der Waals surface area contributed by atoms with Crippen LogP contribution in [0.1, 0.15) is 5.56 Å². The molecule has 0 saturated carbocycles. The molecular weight excluding hydrogens is 378 g/mol. The second kappa shape index (κ2) is 6.43. The van der Waals surface area contributed by atoms with Crippen molar-refractivity contribution in [2.45, 2.75) is 11.4 Å². The van der Waals surface area contributed by atoms with Gasteiger partial charge in [0.2, 0.25) is 0 Å². The van der Waals surface area contributed by atoms with Gasteiger partial charge in [-0.05, 0) is 34.1 Å². The van der Waals surface area contributed by atoms with Crippen molar-refractivity contribution in [3.63, 3.8) is 0 Å². The van der Waals surface area contributed by atoms with E-state index in [1.165, 1.54) is 12.3 Å². The van der Waals surface area contributed by atoms with Gasteiger partial charge in [0.05, 0.1) is 18.4 Å². The van der Waals surface area contributed by atoms with Gasteiger partial charge >= 0.3 is 0 Å². The van der Waals surface area contributed by atoms with Crippen LogP contribution in [-0.4, -0.2) is 28.5 Å². The predicted octanol–water partition coefficient (Wildman–Crippen LogP) is 2.92. The minimum absolute atomic E-state index is 0.0184. The molecule has 8 nitrogen and oxygen atoms in total. The SMILES string of the molecule is O=S(=O)(Nc1cnn(Cc2ccccc2Cl)c1)c1cccc2nonc12. The number of halogens is 1. The summed E-state index contributed by atoms with van der Waals surface area (Å²) in [7, 11) is -3.87. The van der Waals surface area contributed by atoms with Crippen LogP contribution in [0, 0.1) is 0 Å². The van der Waals surface area contributed by atoms with E-state index >= 15 is 0 Å². The minimum Gasteiger partial charge on any atom is -0.276 e. The number of hydrogen-bond acceptors (Lipinski definition) is 6. The first-order chi connectivity index (χ1) is 12.5. The van der Waals surface area contributed by atoms with Gasteiger partial charge in [0, 0.05) is 11.2 Å². The molecule has 4 rings (SSSR count). The van der Waals surface area contributed by atoms with E-state index in [0.29, 0.717) is 22.8 Å². The fourth-order valence-electron chi connectivity index (χ4n) is 2.51. The minimum atomic E-state index is -3.87. The third-order valence-corrected chi connectivity index (χ3v) is 5.50. The lowest BCUT2D eigenvalue weighted by Crippen LogP contribution is -2.13. The van der Waals surface area contributed by atoms with Crippen LogP contribution in [-0.2, 0) is 16.6 Å². The van der Waals surface area contributed by atoms with Gasteiger partial charge in [0.15, 0.2) is 5.52 Å². The molecule has 0 fully saturated rings. The highest BCUT2D eigenvalue weighted by Crippen LogP contribution is 2.23. The summed E-state index contributed by atoms with van der Waals surface area (Å²) in [4.78, 5) is -0.0184. The molecule has 0 saturated heterocycles. The Morgan fingerprint density at radius 1 is 1.12 bits per heavy atom. The van der Waals surface area contributed by atoms with Gasteiger partial charge < -0.3 is 0 Å². The number of hydrogen-bond donors (Lipinski definition) is 1. The average molecular weight is 390 g/mol. The summed E-state index contributed by atoms with van der Waals surface area (Å²) in [6.07, 6.45) is 3.01. The number of anilines is 1. The van der Waals surface area contributed by atoms with Crippen LogP contribution < -0.4 is 4.72 Å². The standard InChI is InChI=1S/C16H12ClN5O3S/c17-13-5-2-1-4-11(13)9-22-10-12(8-18-22)21-26(23,24)15-7-3-6-14-16(15)20-25-19-14/h1-8,10,21H,9H2. The van der Waals surface area contributed by atoms with E-state index in [4.69, 9.17) is 11.6 Å². The third-order valence-electron chi connectivity index (χ3n) is 3.71. The molecule has 1 N–H and O–H groups in total. The maximum absolute atomic E-state index is 12.7. The van der Waals surface area contributed by atoms with E-state index in [1.54, 1.807) is 29.1 Å². The van der Waals surface area contributed by atoms with Crippen molar-refractivity contribution in [3.8, 4) is 0 Å². The van der Waals surface area contributed by atoms with E-state index in [0.717, 1.165) is 5.56 Å². The summed E-state index contributed by atoms with van der Waals surface area (Å²) in [5, 5.41) is 12.1. The molecule has 0 aliphatic carbocycles. The maximum Gasteiger partial charge on any atom is 0.264 e. The Morgan fingerprint density at radius 3 is 2.81 bits per heavy atom. The van der Waals surface area contributed by atoms with Crippen molar-refractivity contribution in [1.82, 2.24) is 20.1 Å². The van der Waals surface area contributed by atoms with E-state index in [1.807, 2.05) is 18.2 Å².